The largest absolute Gasteiger partial charge is 0.391 e. The van der Waals surface area contributed by atoms with Crippen LogP contribution in [0.4, 0.5) is 14.5 Å². The van der Waals surface area contributed by atoms with E-state index in [9.17, 15) is 5.11 Å². The Bertz CT molecular complexity index is 1480. The number of halogens is 2. The molecule has 204 valence electrons. The number of rotatable bonds is 6. The number of aromatic nitrogens is 4. The number of hydrogen-bond acceptors (Lipinski definition) is 8. The zero-order valence-electron chi connectivity index (χ0n) is 21.7. The highest BCUT2D eigenvalue weighted by Gasteiger charge is 2.41. The van der Waals surface area contributed by atoms with Gasteiger partial charge in [0.05, 0.1) is 42.3 Å². The minimum absolute atomic E-state index is 0.0120. The molecule has 39 heavy (non-hydrogen) atoms. The predicted molar refractivity (Wildman–Crippen MR) is 140 cm³/mol. The van der Waals surface area contributed by atoms with Crippen molar-refractivity contribution < 1.29 is 23.4 Å². The van der Waals surface area contributed by atoms with E-state index in [4.69, 9.17) is 15.2 Å². The van der Waals surface area contributed by atoms with Gasteiger partial charge in [-0.25, -0.2) is 18.3 Å². The minimum atomic E-state index is -0.843. The molecule has 2 saturated heterocycles. The Kier molecular flexibility index (Phi) is 6.54. The Morgan fingerprint density at radius 1 is 1.15 bits per heavy atom. The molecule has 0 bridgehead atoms. The average Bonchev–Trinajstić information content (AvgIpc) is 3.28. The van der Waals surface area contributed by atoms with Gasteiger partial charge in [0.15, 0.2) is 0 Å². The lowest BCUT2D eigenvalue weighted by atomic mass is 9.90. The van der Waals surface area contributed by atoms with E-state index < -0.39 is 23.3 Å². The standard InChI is InChI=1S/C28H30F2N6O3/c1-16-12-35(13-22(31)27(16)37)24-5-6-32-10-17(24)7-25-33-11-19-3-4-23(34-36(19)25)26-20(29)8-18(9-21(26)30)28(38-2)14-39-15-28/h3-6,8-11,16,22,27,37H,7,12-15,31H2,1-2H3/t16-,22+,27+/m0/s1. The zero-order valence-corrected chi connectivity index (χ0v) is 21.7. The second kappa shape index (κ2) is 9.91. The number of anilines is 1. The molecular formula is C28H30F2N6O3. The molecule has 5 heterocycles. The number of nitrogens with zero attached hydrogens (tertiary/aromatic N) is 5. The molecule has 0 saturated carbocycles. The Hall–Kier alpha value is -3.51. The molecule has 0 unspecified atom stereocenters. The lowest BCUT2D eigenvalue weighted by molar-refractivity contribution is -0.202. The monoisotopic (exact) mass is 536 g/mol. The fourth-order valence-corrected chi connectivity index (χ4v) is 5.50. The van der Waals surface area contributed by atoms with E-state index in [1.54, 1.807) is 35.2 Å². The third kappa shape index (κ3) is 4.45. The molecule has 2 aliphatic heterocycles. The van der Waals surface area contributed by atoms with Crippen LogP contribution in [0.15, 0.2) is 48.9 Å². The van der Waals surface area contributed by atoms with Crippen LogP contribution in [0, 0.1) is 17.6 Å². The van der Waals surface area contributed by atoms with Crippen LogP contribution in [0.5, 0.6) is 0 Å². The summed E-state index contributed by atoms with van der Waals surface area (Å²) in [7, 11) is 1.50. The molecule has 2 fully saturated rings. The van der Waals surface area contributed by atoms with Gasteiger partial charge in [0, 0.05) is 62.2 Å². The number of imidazole rings is 1. The van der Waals surface area contributed by atoms with Crippen LogP contribution in [0.2, 0.25) is 0 Å². The molecular weight excluding hydrogens is 506 g/mol. The van der Waals surface area contributed by atoms with Crippen molar-refractivity contribution in [1.82, 2.24) is 19.6 Å². The smallest absolute Gasteiger partial charge is 0.139 e. The first-order valence-corrected chi connectivity index (χ1v) is 12.9. The number of benzene rings is 1. The summed E-state index contributed by atoms with van der Waals surface area (Å²) in [5.41, 5.74) is 8.22. The van der Waals surface area contributed by atoms with Gasteiger partial charge in [-0.15, -0.1) is 0 Å². The Morgan fingerprint density at radius 3 is 2.59 bits per heavy atom. The van der Waals surface area contributed by atoms with E-state index in [1.807, 2.05) is 13.0 Å². The number of hydrogen-bond donors (Lipinski definition) is 2. The van der Waals surface area contributed by atoms with E-state index >= 15 is 8.78 Å². The lowest BCUT2D eigenvalue weighted by Gasteiger charge is -2.40. The maximum absolute atomic E-state index is 15.3. The average molecular weight is 537 g/mol. The van der Waals surface area contributed by atoms with Gasteiger partial charge in [-0.2, -0.15) is 5.10 Å². The van der Waals surface area contributed by atoms with Crippen molar-refractivity contribution in [2.45, 2.75) is 31.1 Å². The number of pyridine rings is 1. The zero-order chi connectivity index (χ0) is 27.3. The number of ether oxygens (including phenoxy) is 2. The molecule has 1 aromatic carbocycles. The Labute approximate surface area is 224 Å². The van der Waals surface area contributed by atoms with Crippen molar-refractivity contribution in [3.8, 4) is 11.3 Å². The third-order valence-corrected chi connectivity index (χ3v) is 7.87. The molecule has 11 heteroatoms. The first-order valence-electron chi connectivity index (χ1n) is 12.9. The molecule has 2 aliphatic rings. The molecule has 0 aliphatic carbocycles. The summed E-state index contributed by atoms with van der Waals surface area (Å²) in [5.74, 6) is -0.848. The van der Waals surface area contributed by atoms with Crippen molar-refractivity contribution in [2.24, 2.45) is 11.7 Å². The van der Waals surface area contributed by atoms with Crippen molar-refractivity contribution >= 4 is 11.2 Å². The van der Waals surface area contributed by atoms with E-state index in [0.29, 0.717) is 36.4 Å². The van der Waals surface area contributed by atoms with Gasteiger partial charge >= 0.3 is 0 Å². The van der Waals surface area contributed by atoms with E-state index in [0.717, 1.165) is 11.3 Å². The van der Waals surface area contributed by atoms with E-state index in [1.165, 1.54) is 19.2 Å². The maximum atomic E-state index is 15.3. The summed E-state index contributed by atoms with van der Waals surface area (Å²) < 4.78 is 42.9. The molecule has 0 amide bonds. The van der Waals surface area contributed by atoms with Crippen molar-refractivity contribution in [2.75, 3.05) is 38.3 Å². The molecule has 4 aromatic rings. The van der Waals surface area contributed by atoms with Crippen LogP contribution in [0.1, 0.15) is 23.9 Å². The summed E-state index contributed by atoms with van der Waals surface area (Å²) in [4.78, 5) is 11.0. The predicted octanol–water partition coefficient (Wildman–Crippen LogP) is 2.68. The topological polar surface area (TPSA) is 111 Å². The number of methoxy groups -OCH3 is 1. The van der Waals surface area contributed by atoms with Gasteiger partial charge in [0.1, 0.15) is 23.1 Å². The number of aliphatic hydroxyl groups excluding tert-OH is 1. The van der Waals surface area contributed by atoms with Crippen LogP contribution in [0.25, 0.3) is 16.8 Å². The van der Waals surface area contributed by atoms with Gasteiger partial charge in [-0.05, 0) is 35.9 Å². The number of aliphatic hydroxyl groups is 1. The SMILES string of the molecule is COC1(c2cc(F)c(-c3ccc4cnc(Cc5cnccc5N5C[C@@H](N)[C@H](O)[C@@H](C)C5)n4n3)c(F)c2)COC1. The first-order chi connectivity index (χ1) is 18.8. The fourth-order valence-electron chi connectivity index (χ4n) is 5.50. The normalized spacial score (nSPS) is 22.7. The van der Waals surface area contributed by atoms with Crippen LogP contribution in [0.3, 0.4) is 0 Å². The molecule has 9 nitrogen and oxygen atoms in total. The number of piperidine rings is 1. The summed E-state index contributed by atoms with van der Waals surface area (Å²) in [6.45, 7) is 3.62. The van der Waals surface area contributed by atoms with Crippen molar-refractivity contribution in [3.63, 3.8) is 0 Å². The van der Waals surface area contributed by atoms with Gasteiger partial charge < -0.3 is 25.2 Å². The highest BCUT2D eigenvalue weighted by Crippen LogP contribution is 2.37. The van der Waals surface area contributed by atoms with Crippen LogP contribution in [-0.4, -0.2) is 70.2 Å². The van der Waals surface area contributed by atoms with Crippen molar-refractivity contribution in [3.05, 3.63) is 77.5 Å². The molecule has 3 N–H and O–H groups in total. The summed E-state index contributed by atoms with van der Waals surface area (Å²) in [6.07, 6.45) is 5.00. The first kappa shape index (κ1) is 25.8. The van der Waals surface area contributed by atoms with Gasteiger partial charge in [-0.3, -0.25) is 4.98 Å². The summed E-state index contributed by atoms with van der Waals surface area (Å²) in [5, 5.41) is 14.9. The molecule has 6 rings (SSSR count). The fraction of sp³-hybridized carbons (Fsp3) is 0.393. The van der Waals surface area contributed by atoms with E-state index in [-0.39, 0.29) is 36.4 Å². The molecule has 0 radical (unpaired) electrons. The van der Waals surface area contributed by atoms with Gasteiger partial charge in [-0.1, -0.05) is 6.92 Å². The van der Waals surface area contributed by atoms with Gasteiger partial charge in [0.2, 0.25) is 0 Å². The Balaban J connectivity index is 1.34. The number of nitrogens with two attached hydrogens (primary N) is 1. The summed E-state index contributed by atoms with van der Waals surface area (Å²) >= 11 is 0. The maximum Gasteiger partial charge on any atom is 0.139 e. The lowest BCUT2D eigenvalue weighted by Crippen LogP contribution is -2.55. The highest BCUT2D eigenvalue weighted by atomic mass is 19.1. The second-order valence-electron chi connectivity index (χ2n) is 10.5. The van der Waals surface area contributed by atoms with Gasteiger partial charge in [0.25, 0.3) is 0 Å². The van der Waals surface area contributed by atoms with Crippen LogP contribution in [-0.2, 0) is 21.5 Å². The molecule has 0 spiro atoms. The molecule has 3 atom stereocenters. The van der Waals surface area contributed by atoms with E-state index in [2.05, 4.69) is 20.0 Å². The Morgan fingerprint density at radius 2 is 1.92 bits per heavy atom. The van der Waals surface area contributed by atoms with Crippen molar-refractivity contribution in [1.29, 1.82) is 0 Å². The second-order valence-corrected chi connectivity index (χ2v) is 10.5. The van der Waals surface area contributed by atoms with Crippen LogP contribution < -0.4 is 10.6 Å². The number of fused-ring (bicyclic) bond motifs is 1. The molecule has 3 aromatic heterocycles. The minimum Gasteiger partial charge on any atom is -0.391 e. The van der Waals surface area contributed by atoms with Crippen LogP contribution >= 0.6 is 0 Å². The summed E-state index contributed by atoms with van der Waals surface area (Å²) in [6, 6.07) is 7.45. The third-order valence-electron chi connectivity index (χ3n) is 7.87. The highest BCUT2D eigenvalue weighted by molar-refractivity contribution is 5.64. The quantitative estimate of drug-likeness (QED) is 0.387.